The van der Waals surface area contributed by atoms with Crippen molar-refractivity contribution < 1.29 is 19.1 Å². The lowest BCUT2D eigenvalue weighted by Crippen LogP contribution is -2.34. The number of hydrogen-bond donors (Lipinski definition) is 1. The number of benzene rings is 2. The maximum absolute atomic E-state index is 12.5. The Bertz CT molecular complexity index is 802. The van der Waals surface area contributed by atoms with E-state index < -0.39 is 0 Å². The van der Waals surface area contributed by atoms with Crippen LogP contribution in [0.4, 0.5) is 5.69 Å². The summed E-state index contributed by atoms with van der Waals surface area (Å²) in [5.74, 6) is 0.168. The van der Waals surface area contributed by atoms with Gasteiger partial charge in [-0.3, -0.25) is 9.59 Å². The van der Waals surface area contributed by atoms with Crippen LogP contribution in [-0.4, -0.2) is 49.6 Å². The molecule has 1 heterocycles. The highest BCUT2D eigenvalue weighted by molar-refractivity contribution is 6.30. The van der Waals surface area contributed by atoms with E-state index in [4.69, 9.17) is 21.1 Å². The van der Waals surface area contributed by atoms with Crippen molar-refractivity contribution in [3.05, 3.63) is 59.1 Å². The molecular weight excluding hydrogens is 380 g/mol. The van der Waals surface area contributed by atoms with Crippen molar-refractivity contribution in [2.24, 2.45) is 0 Å². The second-order valence-electron chi connectivity index (χ2n) is 6.69. The molecule has 0 unspecified atom stereocenters. The summed E-state index contributed by atoms with van der Waals surface area (Å²) in [5, 5.41) is 3.33. The van der Waals surface area contributed by atoms with E-state index in [1.54, 1.807) is 55.6 Å². The third kappa shape index (κ3) is 5.71. The van der Waals surface area contributed by atoms with Crippen LogP contribution in [0.5, 0.6) is 5.75 Å². The first-order valence-electron chi connectivity index (χ1n) is 9.16. The molecule has 28 heavy (non-hydrogen) atoms. The summed E-state index contributed by atoms with van der Waals surface area (Å²) in [4.78, 5) is 26.0. The SMILES string of the molecule is CN(CC(=O)Nc1ccc(Cl)cc1)C(=O)c1ccc(OC[C@H]2CCCO2)cc1. The van der Waals surface area contributed by atoms with Gasteiger partial charge in [-0.1, -0.05) is 11.6 Å². The van der Waals surface area contributed by atoms with Crippen molar-refractivity contribution in [2.45, 2.75) is 18.9 Å². The summed E-state index contributed by atoms with van der Waals surface area (Å²) < 4.78 is 11.2. The lowest BCUT2D eigenvalue weighted by Gasteiger charge is -2.17. The van der Waals surface area contributed by atoms with Crippen LogP contribution in [-0.2, 0) is 9.53 Å². The van der Waals surface area contributed by atoms with Crippen molar-refractivity contribution in [1.82, 2.24) is 4.90 Å². The first-order chi connectivity index (χ1) is 13.5. The van der Waals surface area contributed by atoms with Crippen molar-refractivity contribution in [3.8, 4) is 5.75 Å². The van der Waals surface area contributed by atoms with Crippen LogP contribution >= 0.6 is 11.6 Å². The zero-order valence-electron chi connectivity index (χ0n) is 15.7. The molecule has 0 saturated carbocycles. The van der Waals surface area contributed by atoms with E-state index in [9.17, 15) is 9.59 Å². The Morgan fingerprint density at radius 3 is 2.54 bits per heavy atom. The van der Waals surface area contributed by atoms with Crippen LogP contribution in [0.25, 0.3) is 0 Å². The standard InChI is InChI=1S/C21H23ClN2O4/c1-24(13-20(25)23-17-8-6-16(22)7-9-17)21(26)15-4-10-18(11-5-15)28-14-19-3-2-12-27-19/h4-11,19H,2-3,12-14H2,1H3,(H,23,25)/t19-/m1/s1. The largest absolute Gasteiger partial charge is 0.491 e. The number of nitrogens with zero attached hydrogens (tertiary/aromatic N) is 1. The topological polar surface area (TPSA) is 67.9 Å². The highest BCUT2D eigenvalue weighted by Crippen LogP contribution is 2.17. The van der Waals surface area contributed by atoms with Gasteiger partial charge < -0.3 is 19.7 Å². The van der Waals surface area contributed by atoms with Gasteiger partial charge in [0.2, 0.25) is 5.91 Å². The van der Waals surface area contributed by atoms with Gasteiger partial charge in [-0.2, -0.15) is 0 Å². The van der Waals surface area contributed by atoms with E-state index >= 15 is 0 Å². The summed E-state index contributed by atoms with van der Waals surface area (Å²) in [5.41, 5.74) is 1.12. The van der Waals surface area contributed by atoms with Crippen LogP contribution in [0, 0.1) is 0 Å². The summed E-state index contributed by atoms with van der Waals surface area (Å²) in [6.07, 6.45) is 2.23. The molecule has 1 aliphatic heterocycles. The summed E-state index contributed by atoms with van der Waals surface area (Å²) in [6.45, 7) is 1.25. The van der Waals surface area contributed by atoms with Gasteiger partial charge in [0, 0.05) is 29.9 Å². The third-order valence-electron chi connectivity index (χ3n) is 4.42. The molecular formula is C21H23ClN2O4. The normalized spacial score (nSPS) is 15.9. The molecule has 1 atom stereocenters. The number of ether oxygens (including phenoxy) is 2. The predicted octanol–water partition coefficient (Wildman–Crippen LogP) is 3.61. The summed E-state index contributed by atoms with van der Waals surface area (Å²) in [7, 11) is 1.59. The molecule has 148 valence electrons. The van der Waals surface area contributed by atoms with Gasteiger partial charge in [0.05, 0.1) is 12.6 Å². The average Bonchev–Trinajstić information content (AvgIpc) is 3.21. The van der Waals surface area contributed by atoms with Crippen molar-refractivity contribution in [2.75, 3.05) is 32.1 Å². The number of amides is 2. The van der Waals surface area contributed by atoms with Gasteiger partial charge in [0.15, 0.2) is 0 Å². The molecule has 1 fully saturated rings. The Kier molecular flexibility index (Phi) is 6.90. The van der Waals surface area contributed by atoms with E-state index in [1.807, 2.05) is 0 Å². The van der Waals surface area contributed by atoms with E-state index in [2.05, 4.69) is 5.32 Å². The van der Waals surface area contributed by atoms with Crippen LogP contribution in [0.15, 0.2) is 48.5 Å². The molecule has 0 aromatic heterocycles. The molecule has 0 bridgehead atoms. The van der Waals surface area contributed by atoms with E-state index in [-0.39, 0.29) is 24.5 Å². The van der Waals surface area contributed by atoms with Crippen LogP contribution in [0.1, 0.15) is 23.2 Å². The highest BCUT2D eigenvalue weighted by Gasteiger charge is 2.17. The van der Waals surface area contributed by atoms with Crippen LogP contribution < -0.4 is 10.1 Å². The minimum absolute atomic E-state index is 0.0568. The molecule has 7 heteroatoms. The van der Waals surface area contributed by atoms with Gasteiger partial charge in [0.1, 0.15) is 12.4 Å². The first kappa shape index (κ1) is 20.2. The zero-order chi connectivity index (χ0) is 19.9. The Morgan fingerprint density at radius 2 is 1.89 bits per heavy atom. The fourth-order valence-corrected chi connectivity index (χ4v) is 3.03. The molecule has 0 aliphatic carbocycles. The molecule has 6 nitrogen and oxygen atoms in total. The van der Waals surface area contributed by atoms with Gasteiger partial charge in [0.25, 0.3) is 5.91 Å². The minimum Gasteiger partial charge on any atom is -0.491 e. The van der Waals surface area contributed by atoms with E-state index in [0.717, 1.165) is 19.4 Å². The zero-order valence-corrected chi connectivity index (χ0v) is 16.4. The average molecular weight is 403 g/mol. The third-order valence-corrected chi connectivity index (χ3v) is 4.67. The molecule has 1 aliphatic rings. The second-order valence-corrected chi connectivity index (χ2v) is 7.12. The molecule has 1 saturated heterocycles. The number of nitrogens with one attached hydrogen (secondary N) is 1. The predicted molar refractivity (Wildman–Crippen MR) is 108 cm³/mol. The quantitative estimate of drug-likeness (QED) is 0.768. The Morgan fingerprint density at radius 1 is 1.18 bits per heavy atom. The van der Waals surface area contributed by atoms with E-state index in [0.29, 0.717) is 28.6 Å². The van der Waals surface area contributed by atoms with Crippen LogP contribution in [0.2, 0.25) is 5.02 Å². The number of carbonyl (C=O) groups is 2. The number of carbonyl (C=O) groups excluding carboxylic acids is 2. The molecule has 2 amide bonds. The van der Waals surface area contributed by atoms with Gasteiger partial charge in [-0.15, -0.1) is 0 Å². The van der Waals surface area contributed by atoms with Crippen molar-refractivity contribution >= 4 is 29.1 Å². The minimum atomic E-state index is -0.283. The number of rotatable bonds is 7. The van der Waals surface area contributed by atoms with Crippen LogP contribution in [0.3, 0.4) is 0 Å². The number of anilines is 1. The second kappa shape index (κ2) is 9.57. The fourth-order valence-electron chi connectivity index (χ4n) is 2.90. The Hall–Kier alpha value is -2.57. The fraction of sp³-hybridized carbons (Fsp3) is 0.333. The number of hydrogen-bond acceptors (Lipinski definition) is 4. The summed E-state index contributed by atoms with van der Waals surface area (Å²) >= 11 is 5.82. The Balaban J connectivity index is 1.49. The maximum atomic E-state index is 12.5. The molecule has 0 spiro atoms. The van der Waals surface area contributed by atoms with Gasteiger partial charge >= 0.3 is 0 Å². The molecule has 2 aromatic carbocycles. The van der Waals surface area contributed by atoms with Gasteiger partial charge in [-0.25, -0.2) is 0 Å². The molecule has 2 aromatic rings. The van der Waals surface area contributed by atoms with Crippen molar-refractivity contribution in [1.29, 1.82) is 0 Å². The summed E-state index contributed by atoms with van der Waals surface area (Å²) in [6, 6.07) is 13.7. The maximum Gasteiger partial charge on any atom is 0.254 e. The van der Waals surface area contributed by atoms with Crippen molar-refractivity contribution in [3.63, 3.8) is 0 Å². The Labute approximate surface area is 169 Å². The number of likely N-dealkylation sites (N-methyl/N-ethyl adjacent to an activating group) is 1. The molecule has 3 rings (SSSR count). The lowest BCUT2D eigenvalue weighted by molar-refractivity contribution is -0.116. The van der Waals surface area contributed by atoms with E-state index in [1.165, 1.54) is 4.90 Å². The lowest BCUT2D eigenvalue weighted by atomic mass is 10.2. The highest BCUT2D eigenvalue weighted by atomic mass is 35.5. The monoisotopic (exact) mass is 402 g/mol. The molecule has 0 radical (unpaired) electrons. The number of halogens is 1. The van der Waals surface area contributed by atoms with Gasteiger partial charge in [-0.05, 0) is 61.4 Å². The first-order valence-corrected chi connectivity index (χ1v) is 9.54. The smallest absolute Gasteiger partial charge is 0.254 e. The molecule has 1 N–H and O–H groups in total.